The van der Waals surface area contributed by atoms with Crippen LogP contribution in [-0.2, 0) is 11.3 Å². The van der Waals surface area contributed by atoms with E-state index in [9.17, 15) is 4.79 Å². The minimum atomic E-state index is 0.0469. The standard InChI is InChI=1S/C14H21BrN2O/c1-11(5-4-8-16)14(18)17(2)10-12-6-3-7-13(15)9-12/h3,6-7,9,11H,4-5,8,10,16H2,1-2H3. The molecule has 0 saturated carbocycles. The fraction of sp³-hybridized carbons (Fsp3) is 0.500. The average molecular weight is 313 g/mol. The van der Waals surface area contributed by atoms with Crippen LogP contribution in [0.1, 0.15) is 25.3 Å². The van der Waals surface area contributed by atoms with Gasteiger partial charge >= 0.3 is 0 Å². The van der Waals surface area contributed by atoms with Crippen molar-refractivity contribution in [3.05, 3.63) is 34.3 Å². The minimum Gasteiger partial charge on any atom is -0.341 e. The van der Waals surface area contributed by atoms with Crippen molar-refractivity contribution in [3.8, 4) is 0 Å². The van der Waals surface area contributed by atoms with Crippen LogP contribution in [0.5, 0.6) is 0 Å². The van der Waals surface area contributed by atoms with Crippen molar-refractivity contribution in [3.63, 3.8) is 0 Å². The third-order valence-corrected chi connectivity index (χ3v) is 3.44. The van der Waals surface area contributed by atoms with Crippen LogP contribution in [0.4, 0.5) is 0 Å². The van der Waals surface area contributed by atoms with E-state index in [1.165, 1.54) is 0 Å². The Labute approximate surface area is 117 Å². The molecule has 1 aromatic rings. The average Bonchev–Trinajstić information content (AvgIpc) is 2.35. The van der Waals surface area contributed by atoms with Crippen molar-refractivity contribution in [2.75, 3.05) is 13.6 Å². The molecule has 1 unspecified atom stereocenters. The Balaban J connectivity index is 2.54. The lowest BCUT2D eigenvalue weighted by atomic mass is 10.0. The van der Waals surface area contributed by atoms with Gasteiger partial charge in [0.25, 0.3) is 0 Å². The van der Waals surface area contributed by atoms with Crippen LogP contribution in [0, 0.1) is 5.92 Å². The molecule has 0 spiro atoms. The fourth-order valence-electron chi connectivity index (χ4n) is 1.91. The molecule has 0 saturated heterocycles. The van der Waals surface area contributed by atoms with Crippen LogP contribution < -0.4 is 5.73 Å². The number of nitrogens with two attached hydrogens (primary N) is 1. The number of rotatable bonds is 6. The minimum absolute atomic E-state index is 0.0469. The predicted octanol–water partition coefficient (Wildman–Crippen LogP) is 2.78. The van der Waals surface area contributed by atoms with Crippen molar-refractivity contribution in [1.29, 1.82) is 0 Å². The van der Waals surface area contributed by atoms with Gasteiger partial charge in [-0.2, -0.15) is 0 Å². The van der Waals surface area contributed by atoms with Gasteiger partial charge in [-0.05, 0) is 37.1 Å². The highest BCUT2D eigenvalue weighted by Gasteiger charge is 2.16. The number of hydrogen-bond donors (Lipinski definition) is 1. The summed E-state index contributed by atoms with van der Waals surface area (Å²) in [5.41, 5.74) is 6.59. The van der Waals surface area contributed by atoms with Gasteiger partial charge in [-0.1, -0.05) is 35.0 Å². The molecule has 18 heavy (non-hydrogen) atoms. The molecule has 0 radical (unpaired) electrons. The van der Waals surface area contributed by atoms with Crippen molar-refractivity contribution in [1.82, 2.24) is 4.90 Å². The Morgan fingerprint density at radius 2 is 2.22 bits per heavy atom. The predicted molar refractivity (Wildman–Crippen MR) is 78.1 cm³/mol. The van der Waals surface area contributed by atoms with E-state index in [4.69, 9.17) is 5.73 Å². The van der Waals surface area contributed by atoms with E-state index < -0.39 is 0 Å². The summed E-state index contributed by atoms with van der Waals surface area (Å²) < 4.78 is 1.04. The Morgan fingerprint density at radius 1 is 1.50 bits per heavy atom. The summed E-state index contributed by atoms with van der Waals surface area (Å²) in [7, 11) is 1.85. The van der Waals surface area contributed by atoms with Gasteiger partial charge in [-0.15, -0.1) is 0 Å². The number of nitrogens with zero attached hydrogens (tertiary/aromatic N) is 1. The van der Waals surface area contributed by atoms with Crippen molar-refractivity contribution >= 4 is 21.8 Å². The first-order chi connectivity index (χ1) is 8.54. The van der Waals surface area contributed by atoms with Crippen LogP contribution in [0.15, 0.2) is 28.7 Å². The summed E-state index contributed by atoms with van der Waals surface area (Å²) in [5, 5.41) is 0. The second-order valence-electron chi connectivity index (χ2n) is 4.66. The lowest BCUT2D eigenvalue weighted by Crippen LogP contribution is -2.31. The first-order valence-corrected chi connectivity index (χ1v) is 7.03. The number of halogens is 1. The normalized spacial score (nSPS) is 12.2. The maximum atomic E-state index is 12.1. The summed E-state index contributed by atoms with van der Waals surface area (Å²) in [6.07, 6.45) is 1.76. The van der Waals surface area contributed by atoms with E-state index in [1.807, 2.05) is 38.2 Å². The van der Waals surface area contributed by atoms with Gasteiger partial charge in [0, 0.05) is 24.0 Å². The summed E-state index contributed by atoms with van der Waals surface area (Å²) in [5.74, 6) is 0.231. The molecule has 0 fully saturated rings. The Morgan fingerprint density at radius 3 is 2.83 bits per heavy atom. The maximum Gasteiger partial charge on any atom is 0.225 e. The Kier molecular flexibility index (Phi) is 6.36. The second-order valence-corrected chi connectivity index (χ2v) is 5.57. The number of amides is 1. The molecule has 1 aromatic carbocycles. The van der Waals surface area contributed by atoms with E-state index in [0.717, 1.165) is 22.9 Å². The van der Waals surface area contributed by atoms with Gasteiger partial charge in [0.15, 0.2) is 0 Å². The van der Waals surface area contributed by atoms with Gasteiger partial charge in [0.05, 0.1) is 0 Å². The maximum absolute atomic E-state index is 12.1. The van der Waals surface area contributed by atoms with E-state index in [0.29, 0.717) is 13.1 Å². The van der Waals surface area contributed by atoms with Crippen LogP contribution in [0.3, 0.4) is 0 Å². The van der Waals surface area contributed by atoms with E-state index in [-0.39, 0.29) is 11.8 Å². The quantitative estimate of drug-likeness (QED) is 0.878. The first kappa shape index (κ1) is 15.2. The highest BCUT2D eigenvalue weighted by atomic mass is 79.9. The van der Waals surface area contributed by atoms with Crippen LogP contribution in [0.2, 0.25) is 0 Å². The number of carbonyl (C=O) groups excluding carboxylic acids is 1. The van der Waals surface area contributed by atoms with Crippen LogP contribution in [0.25, 0.3) is 0 Å². The second kappa shape index (κ2) is 7.54. The van der Waals surface area contributed by atoms with Crippen molar-refractivity contribution in [2.45, 2.75) is 26.3 Å². The lowest BCUT2D eigenvalue weighted by Gasteiger charge is -2.21. The molecule has 0 aliphatic carbocycles. The molecular formula is C14H21BrN2O. The largest absolute Gasteiger partial charge is 0.341 e. The molecular weight excluding hydrogens is 292 g/mol. The smallest absolute Gasteiger partial charge is 0.225 e. The molecule has 0 aliphatic rings. The van der Waals surface area contributed by atoms with Crippen LogP contribution >= 0.6 is 15.9 Å². The SMILES string of the molecule is CC(CCCN)C(=O)N(C)Cc1cccc(Br)c1. The Hall–Kier alpha value is -0.870. The third kappa shape index (κ3) is 4.78. The molecule has 1 amide bonds. The van der Waals surface area contributed by atoms with Crippen LogP contribution in [-0.4, -0.2) is 24.4 Å². The molecule has 0 aromatic heterocycles. The zero-order chi connectivity index (χ0) is 13.5. The molecule has 1 rings (SSSR count). The molecule has 2 N–H and O–H groups in total. The third-order valence-electron chi connectivity index (χ3n) is 2.95. The van der Waals surface area contributed by atoms with Gasteiger partial charge < -0.3 is 10.6 Å². The first-order valence-electron chi connectivity index (χ1n) is 6.24. The lowest BCUT2D eigenvalue weighted by molar-refractivity contribution is -0.134. The molecule has 100 valence electrons. The topological polar surface area (TPSA) is 46.3 Å². The molecule has 0 bridgehead atoms. The number of benzene rings is 1. The zero-order valence-electron chi connectivity index (χ0n) is 11.0. The number of carbonyl (C=O) groups is 1. The highest BCUT2D eigenvalue weighted by molar-refractivity contribution is 9.10. The molecule has 4 heteroatoms. The Bertz CT molecular complexity index is 395. The van der Waals surface area contributed by atoms with Crippen molar-refractivity contribution < 1.29 is 4.79 Å². The highest BCUT2D eigenvalue weighted by Crippen LogP contribution is 2.15. The van der Waals surface area contributed by atoms with E-state index >= 15 is 0 Å². The molecule has 0 heterocycles. The monoisotopic (exact) mass is 312 g/mol. The van der Waals surface area contributed by atoms with Gasteiger partial charge in [-0.3, -0.25) is 4.79 Å². The van der Waals surface area contributed by atoms with E-state index in [1.54, 1.807) is 4.90 Å². The van der Waals surface area contributed by atoms with Gasteiger partial charge in [0.1, 0.15) is 0 Å². The molecule has 1 atom stereocenters. The number of hydrogen-bond acceptors (Lipinski definition) is 2. The molecule has 3 nitrogen and oxygen atoms in total. The fourth-order valence-corrected chi connectivity index (χ4v) is 2.36. The summed E-state index contributed by atoms with van der Waals surface area (Å²) in [6.45, 7) is 3.26. The van der Waals surface area contributed by atoms with Crippen molar-refractivity contribution in [2.24, 2.45) is 11.7 Å². The van der Waals surface area contributed by atoms with Gasteiger partial charge in [0.2, 0.25) is 5.91 Å². The van der Waals surface area contributed by atoms with E-state index in [2.05, 4.69) is 15.9 Å². The summed E-state index contributed by atoms with van der Waals surface area (Å²) >= 11 is 3.43. The summed E-state index contributed by atoms with van der Waals surface area (Å²) in [4.78, 5) is 13.9. The molecule has 0 aliphatic heterocycles. The summed E-state index contributed by atoms with van der Waals surface area (Å²) in [6, 6.07) is 8.03. The van der Waals surface area contributed by atoms with Gasteiger partial charge in [-0.25, -0.2) is 0 Å². The zero-order valence-corrected chi connectivity index (χ0v) is 12.6.